The molecule has 19 heavy (non-hydrogen) atoms. The molecular weight excluding hydrogens is 249 g/mol. The van der Waals surface area contributed by atoms with Crippen LogP contribution in [0.3, 0.4) is 0 Å². The van der Waals surface area contributed by atoms with Gasteiger partial charge in [0.2, 0.25) is 0 Å². The van der Waals surface area contributed by atoms with E-state index in [-0.39, 0.29) is 31.0 Å². The third kappa shape index (κ3) is 4.71. The number of carboxylic acids is 1. The van der Waals surface area contributed by atoms with Crippen molar-refractivity contribution in [2.75, 3.05) is 11.9 Å². The number of benzene rings is 2. The molecule has 94 valence electrons. The van der Waals surface area contributed by atoms with Crippen LogP contribution < -0.4 is 34.9 Å². The Kier molecular flexibility index (Phi) is 6.64. The van der Waals surface area contributed by atoms with Crippen LogP contribution in [0, 0.1) is 0 Å². The van der Waals surface area contributed by atoms with Crippen LogP contribution in [-0.4, -0.2) is 17.6 Å². The van der Waals surface area contributed by atoms with E-state index in [1.165, 1.54) is 5.56 Å². The first kappa shape index (κ1) is 15.8. The standard InChI is InChI=1S/C15H15NO2.Na.H/c17-15(18)13-8-4-5-9-14(13)16-11-10-12-6-2-1-3-7-12;;/h1-9,16H,10-11H2,(H,17,18);;/q;+1;-1. The molecule has 2 aromatic carbocycles. The average molecular weight is 265 g/mol. The molecule has 0 aliphatic carbocycles. The Hall–Kier alpha value is -1.29. The van der Waals surface area contributed by atoms with Crippen molar-refractivity contribution in [2.24, 2.45) is 0 Å². The second kappa shape index (κ2) is 8.00. The predicted molar refractivity (Wildman–Crippen MR) is 73.1 cm³/mol. The van der Waals surface area contributed by atoms with Crippen molar-refractivity contribution in [1.29, 1.82) is 0 Å². The Morgan fingerprint density at radius 2 is 1.68 bits per heavy atom. The van der Waals surface area contributed by atoms with Gasteiger partial charge in [0, 0.05) is 12.2 Å². The second-order valence-corrected chi connectivity index (χ2v) is 4.01. The Morgan fingerprint density at radius 3 is 2.37 bits per heavy atom. The van der Waals surface area contributed by atoms with Crippen LogP contribution in [0.1, 0.15) is 17.3 Å². The number of hydrogen-bond donors (Lipinski definition) is 2. The molecule has 0 heterocycles. The van der Waals surface area contributed by atoms with Gasteiger partial charge in [0.25, 0.3) is 0 Å². The summed E-state index contributed by atoms with van der Waals surface area (Å²) in [5.41, 5.74) is 2.21. The number of hydrogen-bond acceptors (Lipinski definition) is 2. The van der Waals surface area contributed by atoms with Crippen molar-refractivity contribution in [3.8, 4) is 0 Å². The molecule has 0 spiro atoms. The largest absolute Gasteiger partial charge is 1.00 e. The van der Waals surface area contributed by atoms with E-state index in [4.69, 9.17) is 5.11 Å². The molecule has 0 atom stereocenters. The van der Waals surface area contributed by atoms with E-state index in [0.717, 1.165) is 6.42 Å². The molecule has 3 nitrogen and oxygen atoms in total. The quantitative estimate of drug-likeness (QED) is 0.757. The van der Waals surface area contributed by atoms with Gasteiger partial charge in [-0.2, -0.15) is 0 Å². The molecule has 2 rings (SSSR count). The van der Waals surface area contributed by atoms with Crippen molar-refractivity contribution in [2.45, 2.75) is 6.42 Å². The summed E-state index contributed by atoms with van der Waals surface area (Å²) >= 11 is 0. The zero-order chi connectivity index (χ0) is 12.8. The van der Waals surface area contributed by atoms with Gasteiger partial charge in [0.1, 0.15) is 0 Å². The summed E-state index contributed by atoms with van der Waals surface area (Å²) in [4.78, 5) is 11.0. The van der Waals surface area contributed by atoms with Crippen molar-refractivity contribution in [3.05, 3.63) is 65.7 Å². The fraction of sp³-hybridized carbons (Fsp3) is 0.133. The molecule has 2 aromatic rings. The maximum absolute atomic E-state index is 11.0. The number of para-hydroxylation sites is 1. The van der Waals surface area contributed by atoms with Gasteiger partial charge in [-0.3, -0.25) is 0 Å². The molecule has 0 unspecified atom stereocenters. The minimum Gasteiger partial charge on any atom is -1.00 e. The van der Waals surface area contributed by atoms with Crippen molar-refractivity contribution < 1.29 is 40.9 Å². The fourth-order valence-electron chi connectivity index (χ4n) is 1.81. The fourth-order valence-corrected chi connectivity index (χ4v) is 1.81. The average Bonchev–Trinajstić information content (AvgIpc) is 2.40. The van der Waals surface area contributed by atoms with E-state index in [1.807, 2.05) is 24.3 Å². The Morgan fingerprint density at radius 1 is 1.05 bits per heavy atom. The molecule has 4 heteroatoms. The minimum absolute atomic E-state index is 0. The third-order valence-corrected chi connectivity index (χ3v) is 2.73. The predicted octanol–water partition coefficient (Wildman–Crippen LogP) is 0.156. The SMILES string of the molecule is O=C(O)c1ccccc1NCCc1ccccc1.[H-].[Na+]. The summed E-state index contributed by atoms with van der Waals surface area (Å²) in [6, 6.07) is 17.1. The van der Waals surface area contributed by atoms with Gasteiger partial charge in [-0.1, -0.05) is 42.5 Å². The van der Waals surface area contributed by atoms with E-state index < -0.39 is 5.97 Å². The summed E-state index contributed by atoms with van der Waals surface area (Å²) in [5.74, 6) is -0.905. The smallest absolute Gasteiger partial charge is 1.00 e. The topological polar surface area (TPSA) is 49.3 Å². The van der Waals surface area contributed by atoms with E-state index in [0.29, 0.717) is 17.8 Å². The van der Waals surface area contributed by atoms with Crippen LogP contribution in [0.5, 0.6) is 0 Å². The summed E-state index contributed by atoms with van der Waals surface area (Å²) in [6.07, 6.45) is 0.870. The Balaban J connectivity index is 0.00000180. The van der Waals surface area contributed by atoms with E-state index >= 15 is 0 Å². The molecule has 0 aromatic heterocycles. The molecule has 0 radical (unpaired) electrons. The molecule has 2 N–H and O–H groups in total. The number of aromatic carboxylic acids is 1. The van der Waals surface area contributed by atoms with E-state index in [9.17, 15) is 4.79 Å². The third-order valence-electron chi connectivity index (χ3n) is 2.73. The van der Waals surface area contributed by atoms with Gasteiger partial charge >= 0.3 is 35.5 Å². The Labute approximate surface area is 136 Å². The number of carbonyl (C=O) groups is 1. The molecule has 0 saturated heterocycles. The zero-order valence-corrected chi connectivity index (χ0v) is 13.0. The van der Waals surface area contributed by atoms with Crippen LogP contribution in [-0.2, 0) is 6.42 Å². The van der Waals surface area contributed by atoms with E-state index in [2.05, 4.69) is 17.4 Å². The second-order valence-electron chi connectivity index (χ2n) is 4.01. The molecule has 0 amide bonds. The van der Waals surface area contributed by atoms with Gasteiger partial charge < -0.3 is 11.8 Å². The van der Waals surface area contributed by atoms with Gasteiger partial charge in [0.05, 0.1) is 5.56 Å². The molecular formula is C15H16NNaO2. The van der Waals surface area contributed by atoms with Crippen molar-refractivity contribution in [1.82, 2.24) is 0 Å². The monoisotopic (exact) mass is 265 g/mol. The summed E-state index contributed by atoms with van der Waals surface area (Å²) < 4.78 is 0. The first-order valence-corrected chi connectivity index (χ1v) is 5.87. The normalized spacial score (nSPS) is 9.47. The Bertz CT molecular complexity index is 534. The zero-order valence-electron chi connectivity index (χ0n) is 12.0. The maximum Gasteiger partial charge on any atom is 1.00 e. The van der Waals surface area contributed by atoms with E-state index in [1.54, 1.807) is 18.2 Å². The molecule has 0 saturated carbocycles. The number of nitrogens with one attached hydrogen (secondary N) is 1. The number of carboxylic acid groups (broad SMARTS) is 1. The molecule has 0 bridgehead atoms. The van der Waals surface area contributed by atoms with Gasteiger partial charge in [-0.15, -0.1) is 0 Å². The summed E-state index contributed by atoms with van der Waals surface area (Å²) in [5, 5.41) is 12.2. The molecule has 0 fully saturated rings. The first-order valence-electron chi connectivity index (χ1n) is 5.87. The van der Waals surface area contributed by atoms with Crippen molar-refractivity contribution >= 4 is 11.7 Å². The summed E-state index contributed by atoms with van der Waals surface area (Å²) in [6.45, 7) is 0.717. The number of rotatable bonds is 5. The molecule has 0 aliphatic rings. The summed E-state index contributed by atoms with van der Waals surface area (Å²) in [7, 11) is 0. The number of anilines is 1. The molecule has 0 aliphatic heterocycles. The van der Waals surface area contributed by atoms with Crippen LogP contribution in [0.2, 0.25) is 0 Å². The van der Waals surface area contributed by atoms with Crippen LogP contribution in [0.15, 0.2) is 54.6 Å². The van der Waals surface area contributed by atoms with Crippen molar-refractivity contribution in [3.63, 3.8) is 0 Å². The first-order chi connectivity index (χ1) is 8.77. The maximum atomic E-state index is 11.0. The van der Waals surface area contributed by atoms with Gasteiger partial charge in [0.15, 0.2) is 0 Å². The van der Waals surface area contributed by atoms with Crippen LogP contribution in [0.25, 0.3) is 0 Å². The van der Waals surface area contributed by atoms with Gasteiger partial charge in [-0.25, -0.2) is 4.79 Å². The van der Waals surface area contributed by atoms with Crippen LogP contribution in [0.4, 0.5) is 5.69 Å². The minimum atomic E-state index is -0.905. The van der Waals surface area contributed by atoms with Crippen LogP contribution >= 0.6 is 0 Å². The van der Waals surface area contributed by atoms with Gasteiger partial charge in [-0.05, 0) is 24.1 Å².